The average molecular weight is 218 g/mol. The Balaban J connectivity index is 2.16. The maximum Gasteiger partial charge on any atom is 0.0433 e. The third-order valence-electron chi connectivity index (χ3n) is 3.78. The van der Waals surface area contributed by atoms with Crippen LogP contribution >= 0.6 is 0 Å². The molecule has 0 aliphatic heterocycles. The van der Waals surface area contributed by atoms with Gasteiger partial charge in [0.1, 0.15) is 0 Å². The van der Waals surface area contributed by atoms with Crippen LogP contribution in [0.3, 0.4) is 0 Å². The van der Waals surface area contributed by atoms with Crippen molar-refractivity contribution in [2.24, 2.45) is 0 Å². The predicted molar refractivity (Wildman–Crippen MR) is 70.0 cm³/mol. The van der Waals surface area contributed by atoms with Gasteiger partial charge in [0.2, 0.25) is 0 Å². The molecule has 0 heterocycles. The van der Waals surface area contributed by atoms with Gasteiger partial charge in [0.15, 0.2) is 0 Å². The molecule has 2 nitrogen and oxygen atoms in total. The van der Waals surface area contributed by atoms with Gasteiger partial charge in [0, 0.05) is 24.3 Å². The second kappa shape index (κ2) is 4.46. The number of benzene rings is 1. The molecule has 2 heteroatoms. The van der Waals surface area contributed by atoms with Gasteiger partial charge in [-0.2, -0.15) is 0 Å². The van der Waals surface area contributed by atoms with Crippen LogP contribution < -0.4 is 10.2 Å². The fourth-order valence-electron chi connectivity index (χ4n) is 2.39. The molecule has 2 rings (SSSR count). The quantitative estimate of drug-likeness (QED) is 0.817. The molecule has 0 atom stereocenters. The first-order valence-corrected chi connectivity index (χ1v) is 6.30. The SMILES string of the molecule is CCN(CC)c1ccc(C2(NC)CC2)cc1. The largest absolute Gasteiger partial charge is 0.372 e. The molecule has 0 radical (unpaired) electrons. The third-order valence-corrected chi connectivity index (χ3v) is 3.78. The first kappa shape index (κ1) is 11.5. The smallest absolute Gasteiger partial charge is 0.0433 e. The molecule has 0 aromatic heterocycles. The van der Waals surface area contributed by atoms with Crippen molar-refractivity contribution in [2.45, 2.75) is 32.2 Å². The van der Waals surface area contributed by atoms with Gasteiger partial charge in [-0.05, 0) is 51.4 Å². The number of hydrogen-bond acceptors (Lipinski definition) is 2. The summed E-state index contributed by atoms with van der Waals surface area (Å²) in [4.78, 5) is 2.38. The first-order chi connectivity index (χ1) is 7.75. The van der Waals surface area contributed by atoms with E-state index in [0.717, 1.165) is 13.1 Å². The number of hydrogen-bond donors (Lipinski definition) is 1. The number of nitrogens with zero attached hydrogens (tertiary/aromatic N) is 1. The van der Waals surface area contributed by atoms with Crippen molar-refractivity contribution in [3.63, 3.8) is 0 Å². The van der Waals surface area contributed by atoms with Crippen molar-refractivity contribution in [1.29, 1.82) is 0 Å². The monoisotopic (exact) mass is 218 g/mol. The summed E-state index contributed by atoms with van der Waals surface area (Å²) in [5.74, 6) is 0. The van der Waals surface area contributed by atoms with Crippen LogP contribution in [0.4, 0.5) is 5.69 Å². The lowest BCUT2D eigenvalue weighted by molar-refractivity contribution is 0.585. The Morgan fingerprint density at radius 1 is 1.12 bits per heavy atom. The minimum Gasteiger partial charge on any atom is -0.372 e. The predicted octanol–water partition coefficient (Wildman–Crippen LogP) is 2.74. The highest BCUT2D eigenvalue weighted by Crippen LogP contribution is 2.45. The Kier molecular flexibility index (Phi) is 3.20. The minimum atomic E-state index is 0.293. The summed E-state index contributed by atoms with van der Waals surface area (Å²) in [5, 5.41) is 3.43. The van der Waals surface area contributed by atoms with Crippen LogP contribution in [-0.2, 0) is 5.54 Å². The lowest BCUT2D eigenvalue weighted by Crippen LogP contribution is -2.25. The van der Waals surface area contributed by atoms with Gasteiger partial charge in [0.05, 0.1) is 0 Å². The van der Waals surface area contributed by atoms with Gasteiger partial charge < -0.3 is 10.2 Å². The molecule has 1 aromatic carbocycles. The van der Waals surface area contributed by atoms with Crippen LogP contribution in [0.15, 0.2) is 24.3 Å². The molecule has 1 saturated carbocycles. The average Bonchev–Trinajstić information content (AvgIpc) is 3.12. The number of rotatable bonds is 5. The van der Waals surface area contributed by atoms with Gasteiger partial charge in [-0.1, -0.05) is 12.1 Å². The summed E-state index contributed by atoms with van der Waals surface area (Å²) in [6, 6.07) is 9.05. The highest BCUT2D eigenvalue weighted by molar-refractivity contribution is 5.49. The van der Waals surface area contributed by atoms with E-state index in [4.69, 9.17) is 0 Å². The molecule has 1 N–H and O–H groups in total. The summed E-state index contributed by atoms with van der Waals surface area (Å²) in [7, 11) is 2.06. The Hall–Kier alpha value is -1.02. The second-order valence-electron chi connectivity index (χ2n) is 4.55. The zero-order valence-corrected chi connectivity index (χ0v) is 10.6. The molecule has 0 unspecified atom stereocenters. The van der Waals surface area contributed by atoms with Gasteiger partial charge in [-0.3, -0.25) is 0 Å². The Morgan fingerprint density at radius 2 is 1.69 bits per heavy atom. The standard InChI is InChI=1S/C14H22N2/c1-4-16(5-2)13-8-6-12(7-9-13)14(15-3)10-11-14/h6-9,15H,4-5,10-11H2,1-3H3. The fraction of sp³-hybridized carbons (Fsp3) is 0.571. The minimum absolute atomic E-state index is 0.293. The summed E-state index contributed by atoms with van der Waals surface area (Å²) < 4.78 is 0. The van der Waals surface area contributed by atoms with Crippen molar-refractivity contribution in [3.05, 3.63) is 29.8 Å². The molecular formula is C14H22N2. The lowest BCUT2D eigenvalue weighted by atomic mass is 10.0. The maximum atomic E-state index is 3.43. The topological polar surface area (TPSA) is 15.3 Å². The normalized spacial score (nSPS) is 17.2. The molecule has 0 saturated heterocycles. The number of nitrogens with one attached hydrogen (secondary N) is 1. The van der Waals surface area contributed by atoms with Crippen LogP contribution in [0, 0.1) is 0 Å². The molecule has 1 aliphatic rings. The molecule has 0 bridgehead atoms. The Morgan fingerprint density at radius 3 is 2.06 bits per heavy atom. The summed E-state index contributed by atoms with van der Waals surface area (Å²) >= 11 is 0. The highest BCUT2D eigenvalue weighted by atomic mass is 15.1. The molecule has 1 aliphatic carbocycles. The molecule has 1 aromatic rings. The van der Waals surface area contributed by atoms with Crippen LogP contribution in [0.25, 0.3) is 0 Å². The van der Waals surface area contributed by atoms with Crippen LogP contribution in [0.2, 0.25) is 0 Å². The van der Waals surface area contributed by atoms with E-state index in [2.05, 4.69) is 55.4 Å². The Bertz CT molecular complexity index is 334. The van der Waals surface area contributed by atoms with Gasteiger partial charge in [0.25, 0.3) is 0 Å². The summed E-state index contributed by atoms with van der Waals surface area (Å²) in [5.41, 5.74) is 3.06. The van der Waals surface area contributed by atoms with Crippen molar-refractivity contribution < 1.29 is 0 Å². The van der Waals surface area contributed by atoms with E-state index in [1.807, 2.05) is 0 Å². The van der Waals surface area contributed by atoms with E-state index in [-0.39, 0.29) is 0 Å². The molecule has 88 valence electrons. The van der Waals surface area contributed by atoms with Gasteiger partial charge in [-0.25, -0.2) is 0 Å². The Labute approximate surface area is 98.7 Å². The zero-order valence-electron chi connectivity index (χ0n) is 10.6. The second-order valence-corrected chi connectivity index (χ2v) is 4.55. The number of anilines is 1. The van der Waals surface area contributed by atoms with Crippen molar-refractivity contribution in [2.75, 3.05) is 25.0 Å². The molecule has 1 fully saturated rings. The van der Waals surface area contributed by atoms with E-state index >= 15 is 0 Å². The lowest BCUT2D eigenvalue weighted by Gasteiger charge is -2.22. The fourth-order valence-corrected chi connectivity index (χ4v) is 2.39. The molecular weight excluding hydrogens is 196 g/mol. The summed E-state index contributed by atoms with van der Waals surface area (Å²) in [6.07, 6.45) is 2.54. The van der Waals surface area contributed by atoms with Crippen molar-refractivity contribution in [1.82, 2.24) is 5.32 Å². The highest BCUT2D eigenvalue weighted by Gasteiger charge is 2.42. The van der Waals surface area contributed by atoms with E-state index in [1.165, 1.54) is 24.1 Å². The molecule has 16 heavy (non-hydrogen) atoms. The third kappa shape index (κ3) is 1.94. The first-order valence-electron chi connectivity index (χ1n) is 6.30. The van der Waals surface area contributed by atoms with Crippen LogP contribution in [-0.4, -0.2) is 20.1 Å². The van der Waals surface area contributed by atoms with Gasteiger partial charge >= 0.3 is 0 Å². The van der Waals surface area contributed by atoms with Crippen LogP contribution in [0.5, 0.6) is 0 Å². The zero-order chi connectivity index (χ0) is 11.6. The summed E-state index contributed by atoms with van der Waals surface area (Å²) in [6.45, 7) is 6.56. The molecule has 0 spiro atoms. The van der Waals surface area contributed by atoms with Crippen molar-refractivity contribution in [3.8, 4) is 0 Å². The van der Waals surface area contributed by atoms with Crippen LogP contribution in [0.1, 0.15) is 32.3 Å². The van der Waals surface area contributed by atoms with Crippen molar-refractivity contribution >= 4 is 5.69 Å². The maximum absolute atomic E-state index is 3.43. The van der Waals surface area contributed by atoms with E-state index < -0.39 is 0 Å². The van der Waals surface area contributed by atoms with E-state index in [9.17, 15) is 0 Å². The van der Waals surface area contributed by atoms with E-state index in [1.54, 1.807) is 0 Å². The molecule has 0 amide bonds. The van der Waals surface area contributed by atoms with E-state index in [0.29, 0.717) is 5.54 Å². The van der Waals surface area contributed by atoms with Gasteiger partial charge in [-0.15, -0.1) is 0 Å².